The summed E-state index contributed by atoms with van der Waals surface area (Å²) in [6, 6.07) is 8.54. The van der Waals surface area contributed by atoms with E-state index in [-0.39, 0.29) is 0 Å². The van der Waals surface area contributed by atoms with Gasteiger partial charge in [0.1, 0.15) is 5.82 Å². The van der Waals surface area contributed by atoms with E-state index in [1.807, 2.05) is 6.92 Å². The van der Waals surface area contributed by atoms with E-state index < -0.39 is 0 Å². The Bertz CT molecular complexity index is 623. The molecule has 0 amide bonds. The highest BCUT2D eigenvalue weighted by Gasteiger charge is 2.25. The Kier molecular flexibility index (Phi) is 4.73. The number of nitrogens with zero attached hydrogens (tertiary/aromatic N) is 4. The molecule has 2 heterocycles. The Labute approximate surface area is 131 Å². The Morgan fingerprint density at radius 1 is 1.14 bits per heavy atom. The summed E-state index contributed by atoms with van der Waals surface area (Å²) in [7, 11) is 0. The van der Waals surface area contributed by atoms with Crippen molar-refractivity contribution in [2.24, 2.45) is 0 Å². The third kappa shape index (κ3) is 2.86. The number of rotatable bonds is 7. The lowest BCUT2D eigenvalue weighted by Crippen LogP contribution is -2.31. The van der Waals surface area contributed by atoms with Gasteiger partial charge in [-0.25, -0.2) is 0 Å². The predicted octanol–water partition coefficient (Wildman–Crippen LogP) is 2.97. The van der Waals surface area contributed by atoms with Crippen LogP contribution in [0.2, 0.25) is 0 Å². The van der Waals surface area contributed by atoms with E-state index in [4.69, 9.17) is 4.74 Å². The van der Waals surface area contributed by atoms with Gasteiger partial charge in [-0.15, -0.1) is 10.2 Å². The van der Waals surface area contributed by atoms with Gasteiger partial charge in [-0.2, -0.15) is 0 Å². The molecule has 1 aromatic carbocycles. The van der Waals surface area contributed by atoms with E-state index in [9.17, 15) is 0 Å². The maximum Gasteiger partial charge on any atom is 0.157 e. The fourth-order valence-electron chi connectivity index (χ4n) is 3.00. The highest BCUT2D eigenvalue weighted by atomic mass is 16.5. The van der Waals surface area contributed by atoms with Gasteiger partial charge in [0.2, 0.25) is 0 Å². The SMILES string of the molecule is CCCc1nnc2n1-c1ccccc1N(CCCOCC)C2. The first-order valence-corrected chi connectivity index (χ1v) is 8.20. The first kappa shape index (κ1) is 15.0. The van der Waals surface area contributed by atoms with E-state index in [1.165, 1.54) is 11.4 Å². The van der Waals surface area contributed by atoms with Gasteiger partial charge < -0.3 is 9.64 Å². The second kappa shape index (κ2) is 6.92. The number of aryl methyl sites for hydroxylation is 1. The van der Waals surface area contributed by atoms with Crippen molar-refractivity contribution in [1.82, 2.24) is 14.8 Å². The number of fused-ring (bicyclic) bond motifs is 3. The predicted molar refractivity (Wildman–Crippen MR) is 87.5 cm³/mol. The topological polar surface area (TPSA) is 43.2 Å². The first-order chi connectivity index (χ1) is 10.8. The fourth-order valence-corrected chi connectivity index (χ4v) is 3.00. The molecular weight excluding hydrogens is 276 g/mol. The maximum absolute atomic E-state index is 5.46. The van der Waals surface area contributed by atoms with Gasteiger partial charge in [-0.1, -0.05) is 19.1 Å². The molecule has 118 valence electrons. The molecule has 3 rings (SSSR count). The van der Waals surface area contributed by atoms with Crippen LogP contribution in [0.5, 0.6) is 0 Å². The lowest BCUT2D eigenvalue weighted by Gasteiger charge is -2.31. The molecule has 0 saturated carbocycles. The minimum Gasteiger partial charge on any atom is -0.382 e. The highest BCUT2D eigenvalue weighted by molar-refractivity contribution is 5.65. The van der Waals surface area contributed by atoms with Gasteiger partial charge in [0.25, 0.3) is 0 Å². The molecule has 1 aliphatic rings. The summed E-state index contributed by atoms with van der Waals surface area (Å²) in [6.45, 7) is 7.60. The Hall–Kier alpha value is -1.88. The van der Waals surface area contributed by atoms with Crippen LogP contribution in [-0.4, -0.2) is 34.5 Å². The number of benzene rings is 1. The number of aromatic nitrogens is 3. The average Bonchev–Trinajstić information content (AvgIpc) is 2.95. The minimum absolute atomic E-state index is 0.783. The lowest BCUT2D eigenvalue weighted by atomic mass is 10.1. The van der Waals surface area contributed by atoms with Crippen LogP contribution in [0.3, 0.4) is 0 Å². The van der Waals surface area contributed by atoms with Crippen LogP contribution in [0.15, 0.2) is 24.3 Å². The number of para-hydroxylation sites is 2. The first-order valence-electron chi connectivity index (χ1n) is 8.20. The van der Waals surface area contributed by atoms with E-state index in [0.29, 0.717) is 0 Å². The zero-order chi connectivity index (χ0) is 15.4. The molecule has 0 atom stereocenters. The molecule has 1 aromatic heterocycles. The summed E-state index contributed by atoms with van der Waals surface area (Å²) in [5, 5.41) is 8.80. The molecule has 0 bridgehead atoms. The van der Waals surface area contributed by atoms with Crippen molar-refractivity contribution >= 4 is 5.69 Å². The van der Waals surface area contributed by atoms with Crippen molar-refractivity contribution in [3.05, 3.63) is 35.9 Å². The van der Waals surface area contributed by atoms with Crippen LogP contribution >= 0.6 is 0 Å². The number of hydrogen-bond donors (Lipinski definition) is 0. The average molecular weight is 300 g/mol. The Morgan fingerprint density at radius 3 is 2.73 bits per heavy atom. The summed E-state index contributed by atoms with van der Waals surface area (Å²) >= 11 is 0. The standard InChI is InChI=1S/C17H24N4O/c1-3-8-16-18-19-17-13-20(11-7-12-22-4-2)14-9-5-6-10-15(14)21(16)17/h5-6,9-10H,3-4,7-8,11-13H2,1-2H3. The van der Waals surface area contributed by atoms with Gasteiger partial charge in [0.15, 0.2) is 5.82 Å². The molecule has 22 heavy (non-hydrogen) atoms. The maximum atomic E-state index is 5.46. The molecule has 0 fully saturated rings. The van der Waals surface area contributed by atoms with Crippen LogP contribution in [-0.2, 0) is 17.7 Å². The van der Waals surface area contributed by atoms with Crippen molar-refractivity contribution in [1.29, 1.82) is 0 Å². The molecule has 1 aliphatic heterocycles. The molecule has 0 N–H and O–H groups in total. The van der Waals surface area contributed by atoms with Crippen molar-refractivity contribution in [2.45, 2.75) is 39.7 Å². The van der Waals surface area contributed by atoms with Gasteiger partial charge in [-0.05, 0) is 31.9 Å². The monoisotopic (exact) mass is 300 g/mol. The second-order valence-corrected chi connectivity index (χ2v) is 5.58. The second-order valence-electron chi connectivity index (χ2n) is 5.58. The third-order valence-electron chi connectivity index (χ3n) is 3.99. The normalized spacial score (nSPS) is 13.1. The molecule has 0 unspecified atom stereocenters. The fraction of sp³-hybridized carbons (Fsp3) is 0.529. The van der Waals surface area contributed by atoms with E-state index in [1.54, 1.807) is 0 Å². The molecule has 5 nitrogen and oxygen atoms in total. The summed E-state index contributed by atoms with van der Waals surface area (Å²) in [4.78, 5) is 2.38. The lowest BCUT2D eigenvalue weighted by molar-refractivity contribution is 0.146. The number of ether oxygens (including phenoxy) is 1. The molecule has 0 saturated heterocycles. The largest absolute Gasteiger partial charge is 0.382 e. The number of anilines is 1. The minimum atomic E-state index is 0.783. The summed E-state index contributed by atoms with van der Waals surface area (Å²) in [5.41, 5.74) is 2.47. The summed E-state index contributed by atoms with van der Waals surface area (Å²) < 4.78 is 7.69. The molecule has 0 spiro atoms. The van der Waals surface area contributed by atoms with E-state index in [0.717, 1.165) is 57.2 Å². The van der Waals surface area contributed by atoms with Crippen LogP contribution in [0, 0.1) is 0 Å². The van der Waals surface area contributed by atoms with E-state index in [2.05, 4.69) is 50.9 Å². The van der Waals surface area contributed by atoms with Crippen LogP contribution < -0.4 is 4.90 Å². The zero-order valence-electron chi connectivity index (χ0n) is 13.5. The van der Waals surface area contributed by atoms with Crippen LogP contribution in [0.25, 0.3) is 5.69 Å². The van der Waals surface area contributed by atoms with Gasteiger partial charge in [0, 0.05) is 26.2 Å². The molecule has 0 aliphatic carbocycles. The van der Waals surface area contributed by atoms with Gasteiger partial charge in [0.05, 0.1) is 17.9 Å². The van der Waals surface area contributed by atoms with Crippen LogP contribution in [0.4, 0.5) is 5.69 Å². The van der Waals surface area contributed by atoms with Crippen molar-refractivity contribution in [3.8, 4) is 5.69 Å². The highest BCUT2D eigenvalue weighted by Crippen LogP contribution is 2.32. The Morgan fingerprint density at radius 2 is 1.95 bits per heavy atom. The van der Waals surface area contributed by atoms with Crippen molar-refractivity contribution in [3.63, 3.8) is 0 Å². The number of hydrogen-bond acceptors (Lipinski definition) is 4. The summed E-state index contributed by atoms with van der Waals surface area (Å²) in [6.07, 6.45) is 3.07. The quantitative estimate of drug-likeness (QED) is 0.737. The van der Waals surface area contributed by atoms with Crippen molar-refractivity contribution < 1.29 is 4.74 Å². The van der Waals surface area contributed by atoms with Gasteiger partial charge in [-0.3, -0.25) is 4.57 Å². The van der Waals surface area contributed by atoms with E-state index >= 15 is 0 Å². The molecule has 2 aromatic rings. The summed E-state index contributed by atoms with van der Waals surface area (Å²) in [5.74, 6) is 2.11. The molecule has 0 radical (unpaired) electrons. The smallest absolute Gasteiger partial charge is 0.157 e. The van der Waals surface area contributed by atoms with Gasteiger partial charge >= 0.3 is 0 Å². The molecule has 5 heteroatoms. The van der Waals surface area contributed by atoms with Crippen LogP contribution in [0.1, 0.15) is 38.3 Å². The molecular formula is C17H24N4O. The Balaban J connectivity index is 1.86. The third-order valence-corrected chi connectivity index (χ3v) is 3.99. The zero-order valence-corrected chi connectivity index (χ0v) is 13.5. The van der Waals surface area contributed by atoms with Crippen molar-refractivity contribution in [2.75, 3.05) is 24.7 Å².